The highest BCUT2D eigenvalue weighted by Crippen LogP contribution is 2.21. The molecule has 1 aliphatic heterocycles. The summed E-state index contributed by atoms with van der Waals surface area (Å²) in [7, 11) is 0. The lowest BCUT2D eigenvalue weighted by Crippen LogP contribution is -2.57. The van der Waals surface area contributed by atoms with Gasteiger partial charge in [-0.1, -0.05) is 13.8 Å². The predicted molar refractivity (Wildman–Crippen MR) is 97.0 cm³/mol. The summed E-state index contributed by atoms with van der Waals surface area (Å²) in [5, 5.41) is 22.8. The smallest absolute Gasteiger partial charge is 0.326 e. The summed E-state index contributed by atoms with van der Waals surface area (Å²) in [6, 6.07) is -3.10. The Kier molecular flexibility index (Phi) is 8.83. The molecule has 0 aliphatic carbocycles. The van der Waals surface area contributed by atoms with Crippen LogP contribution in [0.4, 0.5) is 0 Å². The summed E-state index contributed by atoms with van der Waals surface area (Å²) in [5.41, 5.74) is 5.28. The summed E-state index contributed by atoms with van der Waals surface area (Å²) in [5.74, 6) is -4.35. The summed E-state index contributed by atoms with van der Waals surface area (Å²) in [6.45, 7) is 3.52. The molecule has 11 nitrogen and oxygen atoms in total. The molecule has 11 heteroatoms. The molecule has 1 fully saturated rings. The average Bonchev–Trinajstić information content (AvgIpc) is 3.11. The number of hydrogen-bond acceptors (Lipinski definition) is 6. The molecule has 6 N–H and O–H groups in total. The van der Waals surface area contributed by atoms with Gasteiger partial charge in [0.25, 0.3) is 0 Å². The number of carboxylic acid groups (broad SMARTS) is 2. The maximum Gasteiger partial charge on any atom is 0.326 e. The van der Waals surface area contributed by atoms with Gasteiger partial charge >= 0.3 is 11.9 Å². The minimum Gasteiger partial charge on any atom is -0.481 e. The molecule has 3 unspecified atom stereocenters. The maximum atomic E-state index is 12.9. The number of hydrogen-bond donors (Lipinski definition) is 5. The zero-order valence-corrected chi connectivity index (χ0v) is 16.0. The monoisotopic (exact) mass is 400 g/mol. The van der Waals surface area contributed by atoms with E-state index in [0.717, 1.165) is 0 Å². The highest BCUT2D eigenvalue weighted by atomic mass is 16.4. The van der Waals surface area contributed by atoms with Crippen molar-refractivity contribution in [1.29, 1.82) is 0 Å². The molecule has 1 rings (SSSR count). The van der Waals surface area contributed by atoms with Gasteiger partial charge in [0.05, 0.1) is 6.54 Å². The van der Waals surface area contributed by atoms with Crippen LogP contribution in [0.5, 0.6) is 0 Å². The second kappa shape index (κ2) is 10.6. The largest absolute Gasteiger partial charge is 0.481 e. The first-order chi connectivity index (χ1) is 13.1. The molecule has 0 saturated carbocycles. The van der Waals surface area contributed by atoms with Crippen LogP contribution in [0, 0.1) is 5.92 Å². The number of rotatable bonds is 10. The fraction of sp³-hybridized carbons (Fsp3) is 0.706. The van der Waals surface area contributed by atoms with Gasteiger partial charge in [-0.25, -0.2) is 4.79 Å². The molecule has 0 radical (unpaired) electrons. The zero-order valence-electron chi connectivity index (χ0n) is 16.0. The number of aliphatic carboxylic acids is 2. The van der Waals surface area contributed by atoms with Crippen LogP contribution in [-0.4, -0.2) is 76.0 Å². The van der Waals surface area contributed by atoms with E-state index in [9.17, 15) is 29.1 Å². The SMILES string of the molecule is CC(C)C(NC(=O)CN)C(=O)N1CCCC1C(=O)NC(CCC(=O)O)C(=O)O. The highest BCUT2D eigenvalue weighted by Gasteiger charge is 2.39. The third kappa shape index (κ3) is 6.48. The van der Waals surface area contributed by atoms with Gasteiger partial charge < -0.3 is 31.5 Å². The van der Waals surface area contributed by atoms with E-state index in [4.69, 9.17) is 10.8 Å². The Morgan fingerprint density at radius 1 is 1.14 bits per heavy atom. The van der Waals surface area contributed by atoms with E-state index >= 15 is 0 Å². The van der Waals surface area contributed by atoms with Crippen LogP contribution < -0.4 is 16.4 Å². The van der Waals surface area contributed by atoms with Crippen LogP contribution in [0.1, 0.15) is 39.5 Å². The standard InChI is InChI=1S/C17H28N4O7/c1-9(2)14(20-12(22)8-18)16(26)21-7-3-4-11(21)15(25)19-10(17(27)28)5-6-13(23)24/h9-11,14H,3-8,18H2,1-2H3,(H,19,25)(H,20,22)(H,23,24)(H,27,28). The van der Waals surface area contributed by atoms with Crippen molar-refractivity contribution < 1.29 is 34.2 Å². The predicted octanol–water partition coefficient (Wildman–Crippen LogP) is -1.49. The van der Waals surface area contributed by atoms with Crippen molar-refractivity contribution in [2.75, 3.05) is 13.1 Å². The van der Waals surface area contributed by atoms with Crippen molar-refractivity contribution in [2.24, 2.45) is 11.7 Å². The van der Waals surface area contributed by atoms with Gasteiger partial charge in [-0.15, -0.1) is 0 Å². The molecule has 1 saturated heterocycles. The summed E-state index contributed by atoms with van der Waals surface area (Å²) in [4.78, 5) is 60.3. The van der Waals surface area contributed by atoms with Crippen molar-refractivity contribution in [3.8, 4) is 0 Å². The summed E-state index contributed by atoms with van der Waals surface area (Å²) >= 11 is 0. The van der Waals surface area contributed by atoms with Crippen molar-refractivity contribution in [1.82, 2.24) is 15.5 Å². The van der Waals surface area contributed by atoms with Crippen molar-refractivity contribution in [3.05, 3.63) is 0 Å². The van der Waals surface area contributed by atoms with E-state index < -0.39 is 54.2 Å². The Morgan fingerprint density at radius 3 is 2.29 bits per heavy atom. The minimum atomic E-state index is -1.36. The fourth-order valence-electron chi connectivity index (χ4n) is 3.02. The van der Waals surface area contributed by atoms with Crippen LogP contribution in [0.15, 0.2) is 0 Å². The molecule has 1 aliphatic rings. The average molecular weight is 400 g/mol. The third-order valence-corrected chi connectivity index (χ3v) is 4.53. The number of carboxylic acids is 2. The molecule has 0 aromatic carbocycles. The van der Waals surface area contributed by atoms with E-state index in [0.29, 0.717) is 19.4 Å². The van der Waals surface area contributed by atoms with Crippen LogP contribution >= 0.6 is 0 Å². The van der Waals surface area contributed by atoms with E-state index in [-0.39, 0.29) is 18.9 Å². The number of nitrogens with zero attached hydrogens (tertiary/aromatic N) is 1. The molecule has 28 heavy (non-hydrogen) atoms. The summed E-state index contributed by atoms with van der Waals surface area (Å²) in [6.07, 6.45) is 0.216. The Labute approximate surface area is 162 Å². The zero-order chi connectivity index (χ0) is 21.4. The number of carbonyl (C=O) groups is 5. The van der Waals surface area contributed by atoms with Crippen molar-refractivity contribution >= 4 is 29.7 Å². The van der Waals surface area contributed by atoms with E-state index in [1.54, 1.807) is 13.8 Å². The second-order valence-corrected chi connectivity index (χ2v) is 7.01. The number of amides is 3. The van der Waals surface area contributed by atoms with E-state index in [1.165, 1.54) is 4.90 Å². The highest BCUT2D eigenvalue weighted by molar-refractivity contribution is 5.94. The Balaban J connectivity index is 2.87. The molecule has 1 heterocycles. The lowest BCUT2D eigenvalue weighted by atomic mass is 10.0. The minimum absolute atomic E-state index is 0.241. The van der Waals surface area contributed by atoms with E-state index in [1.807, 2.05) is 0 Å². The van der Waals surface area contributed by atoms with Crippen molar-refractivity contribution in [2.45, 2.75) is 57.7 Å². The second-order valence-electron chi connectivity index (χ2n) is 7.01. The van der Waals surface area contributed by atoms with Crippen LogP contribution in [0.3, 0.4) is 0 Å². The summed E-state index contributed by atoms with van der Waals surface area (Å²) < 4.78 is 0. The molecule has 158 valence electrons. The molecule has 0 bridgehead atoms. The molecule has 0 spiro atoms. The number of nitrogens with two attached hydrogens (primary N) is 1. The number of carbonyl (C=O) groups excluding carboxylic acids is 3. The van der Waals surface area contributed by atoms with Gasteiger partial charge in [0.2, 0.25) is 17.7 Å². The Hall–Kier alpha value is -2.69. The van der Waals surface area contributed by atoms with Crippen LogP contribution in [0.2, 0.25) is 0 Å². The number of nitrogens with one attached hydrogen (secondary N) is 2. The third-order valence-electron chi connectivity index (χ3n) is 4.53. The molecule has 0 aromatic rings. The molecule has 3 atom stereocenters. The lowest BCUT2D eigenvalue weighted by molar-refractivity contribution is -0.145. The first-order valence-electron chi connectivity index (χ1n) is 9.13. The number of likely N-dealkylation sites (tertiary alicyclic amines) is 1. The van der Waals surface area contributed by atoms with Gasteiger partial charge in [-0.05, 0) is 25.2 Å². The Bertz CT molecular complexity index is 623. The van der Waals surface area contributed by atoms with Gasteiger partial charge in [-0.2, -0.15) is 0 Å². The fourth-order valence-corrected chi connectivity index (χ4v) is 3.02. The van der Waals surface area contributed by atoms with Gasteiger partial charge in [-0.3, -0.25) is 19.2 Å². The lowest BCUT2D eigenvalue weighted by Gasteiger charge is -2.31. The van der Waals surface area contributed by atoms with Crippen molar-refractivity contribution in [3.63, 3.8) is 0 Å². The van der Waals surface area contributed by atoms with E-state index in [2.05, 4.69) is 10.6 Å². The topological polar surface area (TPSA) is 179 Å². The quantitative estimate of drug-likeness (QED) is 0.294. The molecule has 3 amide bonds. The van der Waals surface area contributed by atoms with Crippen LogP contribution in [-0.2, 0) is 24.0 Å². The molecular formula is C17H28N4O7. The van der Waals surface area contributed by atoms with Gasteiger partial charge in [0, 0.05) is 13.0 Å². The van der Waals surface area contributed by atoms with Gasteiger partial charge in [0.15, 0.2) is 0 Å². The maximum absolute atomic E-state index is 12.9. The molecular weight excluding hydrogens is 372 g/mol. The van der Waals surface area contributed by atoms with Gasteiger partial charge in [0.1, 0.15) is 18.1 Å². The first kappa shape index (κ1) is 23.3. The van der Waals surface area contributed by atoms with Crippen LogP contribution in [0.25, 0.3) is 0 Å². The first-order valence-corrected chi connectivity index (χ1v) is 9.13. The molecule has 0 aromatic heterocycles. The normalized spacial score (nSPS) is 18.4. The Morgan fingerprint density at radius 2 is 1.79 bits per heavy atom.